The van der Waals surface area contributed by atoms with Gasteiger partial charge in [-0.15, -0.1) is 11.6 Å². The predicted octanol–water partition coefficient (Wildman–Crippen LogP) is 5.28. The third kappa shape index (κ3) is 3.21. The molecule has 1 heterocycles. The van der Waals surface area contributed by atoms with Crippen molar-refractivity contribution in [2.24, 2.45) is 0 Å². The monoisotopic (exact) mass is 429 g/mol. The number of carbonyl (C=O) groups is 1. The highest BCUT2D eigenvalue weighted by Crippen LogP contribution is 2.48. The Hall–Kier alpha value is -2.11. The Morgan fingerprint density at radius 3 is 2.28 bits per heavy atom. The first-order chi connectivity index (χ1) is 13.6. The molecule has 3 aromatic rings. The van der Waals surface area contributed by atoms with Crippen molar-refractivity contribution in [2.75, 3.05) is 5.88 Å². The number of Topliss-reactive ketones (excluding diaryl/α,β-unsaturated/α-hetero) is 1. The van der Waals surface area contributed by atoms with Crippen molar-refractivity contribution >= 4 is 38.3 Å². The van der Waals surface area contributed by atoms with E-state index in [9.17, 15) is 13.2 Å². The molecule has 0 bridgehead atoms. The lowest BCUT2D eigenvalue weighted by atomic mass is 9.96. The van der Waals surface area contributed by atoms with E-state index in [0.29, 0.717) is 27.6 Å². The summed E-state index contributed by atoms with van der Waals surface area (Å²) < 4.78 is 28.7. The molecule has 0 aliphatic heterocycles. The standard InChI is InChI=1S/C23H24ClNO3S/c1-14-9-15(2)22(16(3)10-14)29(27,28)25-13-19(21(26)12-24)18-6-5-17(11-20(18)25)23(4)7-8-23/h5-6,9-11,13H,7-8,12H2,1-4H3. The van der Waals surface area contributed by atoms with Crippen molar-refractivity contribution in [3.63, 3.8) is 0 Å². The molecule has 2 aromatic carbocycles. The van der Waals surface area contributed by atoms with Gasteiger partial charge in [-0.1, -0.05) is 36.8 Å². The molecule has 152 valence electrons. The van der Waals surface area contributed by atoms with Gasteiger partial charge in [-0.05, 0) is 61.8 Å². The van der Waals surface area contributed by atoms with Crippen LogP contribution in [0.1, 0.15) is 52.4 Å². The molecule has 0 radical (unpaired) electrons. The summed E-state index contributed by atoms with van der Waals surface area (Å²) in [6.07, 6.45) is 3.59. The highest BCUT2D eigenvalue weighted by Gasteiger charge is 2.39. The second-order valence-corrected chi connectivity index (χ2v) is 10.4. The molecule has 0 unspecified atom stereocenters. The van der Waals surface area contributed by atoms with Crippen molar-refractivity contribution in [1.29, 1.82) is 0 Å². The van der Waals surface area contributed by atoms with Gasteiger partial charge in [-0.25, -0.2) is 12.4 Å². The molecular weight excluding hydrogens is 406 g/mol. The topological polar surface area (TPSA) is 56.1 Å². The molecule has 4 rings (SSSR count). The van der Waals surface area contributed by atoms with E-state index in [0.717, 1.165) is 24.0 Å². The molecule has 1 saturated carbocycles. The lowest BCUT2D eigenvalue weighted by Crippen LogP contribution is -2.15. The third-order valence-electron chi connectivity index (χ3n) is 6.01. The number of nitrogens with zero attached hydrogens (tertiary/aromatic N) is 1. The number of alkyl halides is 1. The number of ketones is 1. The van der Waals surface area contributed by atoms with Crippen molar-refractivity contribution in [1.82, 2.24) is 3.97 Å². The number of rotatable bonds is 5. The number of carbonyl (C=O) groups excluding carboxylic acids is 1. The molecule has 0 N–H and O–H groups in total. The van der Waals surface area contributed by atoms with E-state index >= 15 is 0 Å². The van der Waals surface area contributed by atoms with Gasteiger partial charge in [0.1, 0.15) is 0 Å². The van der Waals surface area contributed by atoms with Crippen LogP contribution in [-0.2, 0) is 15.4 Å². The van der Waals surface area contributed by atoms with Gasteiger partial charge in [0.05, 0.1) is 16.3 Å². The average Bonchev–Trinajstić information content (AvgIpc) is 3.27. The minimum absolute atomic E-state index is 0.0827. The predicted molar refractivity (Wildman–Crippen MR) is 117 cm³/mol. The number of aromatic nitrogens is 1. The van der Waals surface area contributed by atoms with Gasteiger partial charge in [0.2, 0.25) is 0 Å². The first-order valence-electron chi connectivity index (χ1n) is 9.67. The van der Waals surface area contributed by atoms with Gasteiger partial charge < -0.3 is 0 Å². The summed E-state index contributed by atoms with van der Waals surface area (Å²) in [5.74, 6) is -0.477. The molecule has 0 amide bonds. The maximum Gasteiger partial charge on any atom is 0.268 e. The second-order valence-electron chi connectivity index (χ2n) is 8.42. The fourth-order valence-electron chi connectivity index (χ4n) is 4.21. The van der Waals surface area contributed by atoms with Crippen LogP contribution in [0.15, 0.2) is 41.4 Å². The van der Waals surface area contributed by atoms with Crippen molar-refractivity contribution in [3.8, 4) is 0 Å². The van der Waals surface area contributed by atoms with E-state index in [2.05, 4.69) is 6.92 Å². The van der Waals surface area contributed by atoms with Gasteiger partial charge in [0.15, 0.2) is 5.78 Å². The number of aryl methyl sites for hydroxylation is 3. The molecule has 1 aliphatic rings. The van der Waals surface area contributed by atoms with Crippen LogP contribution in [0.25, 0.3) is 10.9 Å². The molecule has 1 aliphatic carbocycles. The quantitative estimate of drug-likeness (QED) is 0.409. The molecule has 0 atom stereocenters. The summed E-state index contributed by atoms with van der Waals surface area (Å²) in [6, 6.07) is 9.51. The van der Waals surface area contributed by atoms with E-state index in [4.69, 9.17) is 11.6 Å². The zero-order chi connectivity index (χ0) is 21.1. The molecule has 0 spiro atoms. The molecule has 1 fully saturated rings. The zero-order valence-electron chi connectivity index (χ0n) is 17.0. The van der Waals surface area contributed by atoms with Crippen LogP contribution in [0.5, 0.6) is 0 Å². The summed E-state index contributed by atoms with van der Waals surface area (Å²) in [4.78, 5) is 12.7. The number of benzene rings is 2. The Bertz CT molecular complexity index is 1240. The number of hydrogen-bond donors (Lipinski definition) is 0. The second kappa shape index (κ2) is 6.71. The summed E-state index contributed by atoms with van der Waals surface area (Å²) in [5, 5.41) is 0.620. The van der Waals surface area contributed by atoms with Crippen molar-refractivity contribution < 1.29 is 13.2 Å². The molecular formula is C23H24ClNO3S. The Balaban J connectivity index is 2.03. The summed E-state index contributed by atoms with van der Waals surface area (Å²) >= 11 is 5.80. The highest BCUT2D eigenvalue weighted by atomic mass is 35.5. The SMILES string of the molecule is Cc1cc(C)c(S(=O)(=O)n2cc(C(=O)CCl)c3ccc(C4(C)CC4)cc32)c(C)c1. The van der Waals surface area contributed by atoms with E-state index in [1.54, 1.807) is 13.8 Å². The van der Waals surface area contributed by atoms with Crippen molar-refractivity contribution in [2.45, 2.75) is 50.8 Å². The van der Waals surface area contributed by atoms with E-state index < -0.39 is 10.0 Å². The van der Waals surface area contributed by atoms with Gasteiger partial charge in [-0.3, -0.25) is 4.79 Å². The van der Waals surface area contributed by atoms with Gasteiger partial charge in [-0.2, -0.15) is 0 Å². The van der Waals surface area contributed by atoms with Crippen LogP contribution in [0, 0.1) is 20.8 Å². The van der Waals surface area contributed by atoms with Crippen molar-refractivity contribution in [3.05, 3.63) is 64.3 Å². The Morgan fingerprint density at radius 1 is 1.10 bits per heavy atom. The maximum atomic E-state index is 13.7. The average molecular weight is 430 g/mol. The lowest BCUT2D eigenvalue weighted by molar-refractivity contribution is 0.102. The molecule has 29 heavy (non-hydrogen) atoms. The Morgan fingerprint density at radius 2 is 1.72 bits per heavy atom. The van der Waals surface area contributed by atoms with Crippen LogP contribution in [0.2, 0.25) is 0 Å². The molecule has 1 aromatic heterocycles. The fraction of sp³-hybridized carbons (Fsp3) is 0.348. The largest absolute Gasteiger partial charge is 0.293 e. The first-order valence-corrected chi connectivity index (χ1v) is 11.6. The minimum atomic E-state index is -3.89. The van der Waals surface area contributed by atoms with Gasteiger partial charge >= 0.3 is 0 Å². The summed E-state index contributed by atoms with van der Waals surface area (Å²) in [7, 11) is -3.89. The number of fused-ring (bicyclic) bond motifs is 1. The third-order valence-corrected chi connectivity index (χ3v) is 8.23. The molecule has 0 saturated heterocycles. The molecule has 4 nitrogen and oxygen atoms in total. The Labute approximate surface area is 176 Å². The van der Waals surface area contributed by atoms with E-state index in [-0.39, 0.29) is 22.0 Å². The zero-order valence-corrected chi connectivity index (χ0v) is 18.6. The highest BCUT2D eigenvalue weighted by molar-refractivity contribution is 7.90. The lowest BCUT2D eigenvalue weighted by Gasteiger charge is -2.15. The van der Waals surface area contributed by atoms with Crippen LogP contribution in [-0.4, -0.2) is 24.1 Å². The van der Waals surface area contributed by atoms with Crippen LogP contribution in [0.3, 0.4) is 0 Å². The summed E-state index contributed by atoms with van der Waals surface area (Å²) in [6.45, 7) is 7.73. The summed E-state index contributed by atoms with van der Waals surface area (Å²) in [5.41, 5.74) is 4.45. The van der Waals surface area contributed by atoms with E-state index in [1.807, 2.05) is 37.3 Å². The smallest absolute Gasteiger partial charge is 0.268 e. The van der Waals surface area contributed by atoms with Crippen LogP contribution >= 0.6 is 11.6 Å². The minimum Gasteiger partial charge on any atom is -0.293 e. The van der Waals surface area contributed by atoms with Gasteiger partial charge in [0, 0.05) is 17.1 Å². The van der Waals surface area contributed by atoms with Crippen LogP contribution in [0.4, 0.5) is 0 Å². The van der Waals surface area contributed by atoms with E-state index in [1.165, 1.54) is 10.2 Å². The number of halogens is 1. The van der Waals surface area contributed by atoms with Crippen LogP contribution < -0.4 is 0 Å². The number of hydrogen-bond acceptors (Lipinski definition) is 3. The Kier molecular flexibility index (Phi) is 4.67. The maximum absolute atomic E-state index is 13.7. The van der Waals surface area contributed by atoms with Gasteiger partial charge in [0.25, 0.3) is 10.0 Å². The molecule has 6 heteroatoms. The fourth-order valence-corrected chi connectivity index (χ4v) is 6.14. The normalized spacial score (nSPS) is 15.6. The first kappa shape index (κ1) is 20.2.